The Hall–Kier alpha value is -1.83. The molecule has 2 rings (SSSR count). The number of amides is 2. The van der Waals surface area contributed by atoms with Gasteiger partial charge in [-0.15, -0.1) is 23.1 Å². The number of thiophene rings is 1. The summed E-state index contributed by atoms with van der Waals surface area (Å²) in [6.45, 7) is 2.25. The van der Waals surface area contributed by atoms with Crippen molar-refractivity contribution in [1.29, 1.82) is 0 Å². The summed E-state index contributed by atoms with van der Waals surface area (Å²) < 4.78 is 5.39. The molecule has 1 heterocycles. The summed E-state index contributed by atoms with van der Waals surface area (Å²) in [6.07, 6.45) is 1.69. The molecule has 0 saturated heterocycles. The van der Waals surface area contributed by atoms with Gasteiger partial charge >= 0.3 is 11.8 Å². The van der Waals surface area contributed by atoms with Crippen molar-refractivity contribution in [1.82, 2.24) is 5.32 Å². The van der Waals surface area contributed by atoms with Gasteiger partial charge in [0.05, 0.1) is 0 Å². The van der Waals surface area contributed by atoms with Gasteiger partial charge in [0.1, 0.15) is 6.10 Å². The molecule has 1 aromatic carbocycles. The van der Waals surface area contributed by atoms with Crippen LogP contribution in [0.3, 0.4) is 0 Å². The maximum absolute atomic E-state index is 12.0. The fourth-order valence-electron chi connectivity index (χ4n) is 2.08. The monoisotopic (exact) mass is 364 g/mol. The summed E-state index contributed by atoms with van der Waals surface area (Å²) in [5.41, 5.74) is 0.596. The summed E-state index contributed by atoms with van der Waals surface area (Å²) in [5.74, 6) is -1.37. The third-order valence-electron chi connectivity index (χ3n) is 3.34. The van der Waals surface area contributed by atoms with Crippen molar-refractivity contribution in [3.63, 3.8) is 0 Å². The number of ether oxygens (including phenoxy) is 1. The van der Waals surface area contributed by atoms with Crippen molar-refractivity contribution < 1.29 is 14.3 Å². The highest BCUT2D eigenvalue weighted by Crippen LogP contribution is 2.24. The smallest absolute Gasteiger partial charge is 0.313 e. The van der Waals surface area contributed by atoms with Crippen molar-refractivity contribution in [3.8, 4) is 0 Å². The van der Waals surface area contributed by atoms with E-state index in [-0.39, 0.29) is 12.6 Å². The number of hydrogen-bond donors (Lipinski definition) is 2. The Labute approximate surface area is 149 Å². The number of anilines is 1. The van der Waals surface area contributed by atoms with E-state index in [9.17, 15) is 9.59 Å². The first kappa shape index (κ1) is 18.5. The zero-order valence-corrected chi connectivity index (χ0v) is 15.4. The first-order valence-corrected chi connectivity index (χ1v) is 9.40. The van der Waals surface area contributed by atoms with E-state index in [4.69, 9.17) is 4.74 Å². The molecule has 2 aromatic rings. The number of thioether (sulfide) groups is 1. The third-order valence-corrected chi connectivity index (χ3v) is 5.16. The fraction of sp³-hybridized carbons (Fsp3) is 0.294. The number of hydrogen-bond acceptors (Lipinski definition) is 5. The zero-order chi connectivity index (χ0) is 17.5. The molecule has 0 fully saturated rings. The molecule has 24 heavy (non-hydrogen) atoms. The van der Waals surface area contributed by atoms with Gasteiger partial charge in [-0.3, -0.25) is 9.59 Å². The van der Waals surface area contributed by atoms with Gasteiger partial charge in [0, 0.05) is 34.0 Å². The first-order valence-electron chi connectivity index (χ1n) is 7.36. The highest BCUT2D eigenvalue weighted by atomic mass is 32.2. The van der Waals surface area contributed by atoms with Crippen LogP contribution < -0.4 is 10.6 Å². The average Bonchev–Trinajstić information content (AvgIpc) is 3.01. The van der Waals surface area contributed by atoms with E-state index in [1.54, 1.807) is 36.3 Å². The van der Waals surface area contributed by atoms with Gasteiger partial charge in [-0.05, 0) is 43.5 Å². The first-order chi connectivity index (χ1) is 11.5. The molecule has 0 bridgehead atoms. The van der Waals surface area contributed by atoms with Gasteiger partial charge < -0.3 is 15.4 Å². The van der Waals surface area contributed by atoms with Crippen molar-refractivity contribution in [2.75, 3.05) is 25.2 Å². The van der Waals surface area contributed by atoms with Crippen molar-refractivity contribution in [3.05, 3.63) is 46.2 Å². The Morgan fingerprint density at radius 3 is 2.67 bits per heavy atom. The number of methoxy groups -OCH3 is 1. The van der Waals surface area contributed by atoms with Gasteiger partial charge in [-0.25, -0.2) is 0 Å². The molecule has 7 heteroatoms. The van der Waals surface area contributed by atoms with E-state index >= 15 is 0 Å². The molecule has 0 radical (unpaired) electrons. The Kier molecular flexibility index (Phi) is 6.84. The van der Waals surface area contributed by atoms with Crippen LogP contribution in [0, 0.1) is 6.92 Å². The number of aryl methyl sites for hydroxylation is 1. The molecule has 1 atom stereocenters. The largest absolute Gasteiger partial charge is 0.374 e. The lowest BCUT2D eigenvalue weighted by Crippen LogP contribution is -2.37. The summed E-state index contributed by atoms with van der Waals surface area (Å²) in [6, 6.07) is 11.3. The van der Waals surface area contributed by atoms with Gasteiger partial charge in [0.2, 0.25) is 0 Å². The van der Waals surface area contributed by atoms with Crippen molar-refractivity contribution >= 4 is 40.6 Å². The second-order valence-corrected chi connectivity index (χ2v) is 7.27. The van der Waals surface area contributed by atoms with E-state index in [2.05, 4.69) is 10.6 Å². The molecule has 5 nitrogen and oxygen atoms in total. The zero-order valence-electron chi connectivity index (χ0n) is 13.8. The minimum Gasteiger partial charge on any atom is -0.374 e. The van der Waals surface area contributed by atoms with E-state index in [1.165, 1.54) is 4.88 Å². The van der Waals surface area contributed by atoms with Crippen molar-refractivity contribution in [2.45, 2.75) is 17.9 Å². The highest BCUT2D eigenvalue weighted by Gasteiger charge is 2.18. The molecule has 1 aromatic heterocycles. The number of carbonyl (C=O) groups excluding carboxylic acids is 2. The predicted octanol–water partition coefficient (Wildman–Crippen LogP) is 3.22. The maximum Gasteiger partial charge on any atom is 0.313 e. The third kappa shape index (κ3) is 5.09. The van der Waals surface area contributed by atoms with E-state index < -0.39 is 11.8 Å². The SMILES string of the molecule is COC(CNC(=O)C(=O)Nc1cccc(SC)c1)c1ccc(C)s1. The Balaban J connectivity index is 1.90. The maximum atomic E-state index is 12.0. The average molecular weight is 364 g/mol. The van der Waals surface area contributed by atoms with E-state index in [1.807, 2.05) is 43.5 Å². The van der Waals surface area contributed by atoms with Crippen LogP contribution in [0.2, 0.25) is 0 Å². The van der Waals surface area contributed by atoms with Crippen LogP contribution in [0.4, 0.5) is 5.69 Å². The molecule has 0 aliphatic heterocycles. The van der Waals surface area contributed by atoms with Crippen molar-refractivity contribution in [2.24, 2.45) is 0 Å². The minimum absolute atomic E-state index is 0.244. The van der Waals surface area contributed by atoms with Crippen LogP contribution >= 0.6 is 23.1 Å². The number of carbonyl (C=O) groups is 2. The van der Waals surface area contributed by atoms with Gasteiger partial charge in [0.25, 0.3) is 0 Å². The van der Waals surface area contributed by atoms with Crippen LogP contribution in [-0.2, 0) is 14.3 Å². The molecule has 2 N–H and O–H groups in total. The quantitative estimate of drug-likeness (QED) is 0.610. The van der Waals surface area contributed by atoms with E-state index in [0.29, 0.717) is 5.69 Å². The van der Waals surface area contributed by atoms with Crippen LogP contribution in [0.25, 0.3) is 0 Å². The number of nitrogens with one attached hydrogen (secondary N) is 2. The normalized spacial score (nSPS) is 11.8. The predicted molar refractivity (Wildman–Crippen MR) is 98.7 cm³/mol. The van der Waals surface area contributed by atoms with E-state index in [0.717, 1.165) is 9.77 Å². The molecular weight excluding hydrogens is 344 g/mol. The minimum atomic E-state index is -0.689. The lowest BCUT2D eigenvalue weighted by molar-refractivity contribution is -0.136. The van der Waals surface area contributed by atoms with Gasteiger partial charge in [-0.2, -0.15) is 0 Å². The number of rotatable bonds is 6. The molecule has 0 spiro atoms. The Bertz CT molecular complexity index is 715. The number of benzene rings is 1. The second-order valence-electron chi connectivity index (χ2n) is 5.07. The fourth-order valence-corrected chi connectivity index (χ4v) is 3.50. The van der Waals surface area contributed by atoms with Gasteiger partial charge in [-0.1, -0.05) is 6.07 Å². The van der Waals surface area contributed by atoms with Crippen LogP contribution in [0.15, 0.2) is 41.3 Å². The standard InChI is InChI=1S/C17H20N2O3S2/c1-11-7-8-15(24-11)14(22-2)10-18-16(20)17(21)19-12-5-4-6-13(9-12)23-3/h4-9,14H,10H2,1-3H3,(H,18,20)(H,19,21). The molecule has 2 amide bonds. The Morgan fingerprint density at radius 2 is 2.04 bits per heavy atom. The van der Waals surface area contributed by atoms with Gasteiger partial charge in [0.15, 0.2) is 0 Å². The summed E-state index contributed by atoms with van der Waals surface area (Å²) in [5, 5.41) is 5.22. The highest BCUT2D eigenvalue weighted by molar-refractivity contribution is 7.98. The van der Waals surface area contributed by atoms with Crippen LogP contribution in [0.5, 0.6) is 0 Å². The molecule has 128 valence electrons. The topological polar surface area (TPSA) is 67.4 Å². The van der Waals surface area contributed by atoms with Crippen LogP contribution in [-0.4, -0.2) is 31.7 Å². The van der Waals surface area contributed by atoms with Crippen LogP contribution in [0.1, 0.15) is 15.9 Å². The molecule has 0 saturated carbocycles. The second kappa shape index (κ2) is 8.86. The molecular formula is C17H20N2O3S2. The molecule has 1 unspecified atom stereocenters. The lowest BCUT2D eigenvalue weighted by Gasteiger charge is -2.14. The summed E-state index contributed by atoms with van der Waals surface area (Å²) in [4.78, 5) is 27.2. The molecule has 0 aliphatic rings. The molecule has 0 aliphatic carbocycles. The Morgan fingerprint density at radius 1 is 1.25 bits per heavy atom. The summed E-state index contributed by atoms with van der Waals surface area (Å²) in [7, 11) is 1.58. The lowest BCUT2D eigenvalue weighted by atomic mass is 10.2. The summed E-state index contributed by atoms with van der Waals surface area (Å²) >= 11 is 3.18.